The summed E-state index contributed by atoms with van der Waals surface area (Å²) >= 11 is 0. The van der Waals surface area contributed by atoms with Crippen LogP contribution in [-0.2, 0) is 9.84 Å². The smallest absolute Gasteiger partial charge is 0.258 e. The Labute approximate surface area is 123 Å². The number of benzene rings is 1. The van der Waals surface area contributed by atoms with Gasteiger partial charge in [0.1, 0.15) is 0 Å². The van der Waals surface area contributed by atoms with Gasteiger partial charge in [-0.2, -0.15) is 0 Å². The largest absolute Gasteiger partial charge is 1.00 e. The number of sulfone groups is 1. The van der Waals surface area contributed by atoms with Crippen LogP contribution in [0.4, 0.5) is 0 Å². The molecule has 0 heterocycles. The summed E-state index contributed by atoms with van der Waals surface area (Å²) in [5.41, 5.74) is 0. The van der Waals surface area contributed by atoms with Crippen molar-refractivity contribution in [2.45, 2.75) is 24.5 Å². The van der Waals surface area contributed by atoms with Gasteiger partial charge in [-0.15, -0.1) is 0 Å². The van der Waals surface area contributed by atoms with Gasteiger partial charge in [0.15, 0.2) is 0 Å². The molecule has 0 saturated carbocycles. The molecule has 0 atom stereocenters. The quantitative estimate of drug-likeness (QED) is 0.407. The van der Waals surface area contributed by atoms with Crippen LogP contribution < -0.4 is 37.7 Å². The second-order valence-electron chi connectivity index (χ2n) is 4.34. The molecule has 0 saturated heterocycles. The zero-order valence-corrected chi connectivity index (χ0v) is 12.5. The molecule has 1 aromatic carbocycles. The van der Waals surface area contributed by atoms with Crippen LogP contribution in [0.2, 0.25) is 19.6 Å². The third-order valence-corrected chi connectivity index (χ3v) is 6.58. The summed E-state index contributed by atoms with van der Waals surface area (Å²) < 4.78 is 23.7. The maximum absolute atomic E-state index is 11.8. The molecule has 1 aromatic rings. The first kappa shape index (κ1) is 18.9. The van der Waals surface area contributed by atoms with Crippen LogP contribution in [0.5, 0.6) is 0 Å². The minimum absolute atomic E-state index is 0. The zero-order valence-electron chi connectivity index (χ0n) is 10.7. The van der Waals surface area contributed by atoms with E-state index in [0.717, 1.165) is 0 Å². The van der Waals surface area contributed by atoms with E-state index >= 15 is 0 Å². The van der Waals surface area contributed by atoms with Crippen molar-refractivity contribution in [1.82, 2.24) is 0 Å². The first-order chi connectivity index (χ1) is 6.31. The average Bonchev–Trinajstić information content (AvgIpc) is 2.01. The van der Waals surface area contributed by atoms with Crippen molar-refractivity contribution in [3.63, 3.8) is 0 Å². The summed E-state index contributed by atoms with van der Waals surface area (Å²) in [4.78, 5) is 0.391. The molecule has 0 amide bonds. The van der Waals surface area contributed by atoms with Crippen LogP contribution >= 0.6 is 0 Å². The topological polar surface area (TPSA) is 34.1 Å². The first-order valence-corrected chi connectivity index (χ1v) is 9.60. The van der Waals surface area contributed by atoms with Gasteiger partial charge in [0, 0.05) is 4.90 Å². The molecule has 0 aliphatic heterocycles. The predicted molar refractivity (Wildman–Crippen MR) is 61.3 cm³/mol. The molecule has 16 heavy (non-hydrogen) atoms. The van der Waals surface area contributed by atoms with E-state index < -0.39 is 17.9 Å². The molecule has 2 nitrogen and oxygen atoms in total. The normalized spacial score (nSPS) is 11.2. The van der Waals surface area contributed by atoms with E-state index in [1.807, 2.05) is 25.7 Å². The number of hydrogen-bond acceptors (Lipinski definition) is 2. The van der Waals surface area contributed by atoms with E-state index in [1.165, 1.54) is 5.38 Å². The molecule has 1 rings (SSSR count). The first-order valence-electron chi connectivity index (χ1n) is 4.47. The third-order valence-electron chi connectivity index (χ3n) is 1.58. The SMILES string of the molecule is C[Si](C)(C)[CH-]S(=O)(=O)c1ccccc1.[Li+].[Li+]. The molecule has 0 aliphatic carbocycles. The Bertz CT molecular complexity index is 399. The van der Waals surface area contributed by atoms with Crippen molar-refractivity contribution in [1.29, 1.82) is 0 Å². The molecular weight excluding hydrogens is 226 g/mol. The van der Waals surface area contributed by atoms with E-state index in [2.05, 4.69) is 0 Å². The molecule has 6 heteroatoms. The van der Waals surface area contributed by atoms with Gasteiger partial charge < -0.3 is 0 Å². The Morgan fingerprint density at radius 2 is 1.44 bits per heavy atom. The van der Waals surface area contributed by atoms with Gasteiger partial charge in [0.05, 0.1) is 9.84 Å². The Morgan fingerprint density at radius 1 is 1.00 bits per heavy atom. The van der Waals surface area contributed by atoms with Crippen molar-refractivity contribution >= 4 is 17.9 Å². The minimum Gasteiger partial charge on any atom is -0.258 e. The Morgan fingerprint density at radius 3 is 1.81 bits per heavy atom. The third kappa shape index (κ3) is 6.35. The van der Waals surface area contributed by atoms with Crippen molar-refractivity contribution in [2.24, 2.45) is 0 Å². The van der Waals surface area contributed by atoms with Gasteiger partial charge in [-0.05, 0) is 12.1 Å². The number of hydrogen-bond donors (Lipinski definition) is 0. The monoisotopic (exact) mass is 241 g/mol. The van der Waals surface area contributed by atoms with Crippen LogP contribution in [0, 0.1) is 5.38 Å². The fourth-order valence-corrected chi connectivity index (χ4v) is 5.95. The molecule has 0 fully saturated rings. The maximum atomic E-state index is 11.8. The van der Waals surface area contributed by atoms with Crippen molar-refractivity contribution < 1.29 is 46.1 Å². The van der Waals surface area contributed by atoms with Gasteiger partial charge in [-0.3, -0.25) is 8.42 Å². The summed E-state index contributed by atoms with van der Waals surface area (Å²) in [7, 11) is -4.87. The van der Waals surface area contributed by atoms with Crippen LogP contribution in [0.3, 0.4) is 0 Å². The molecule has 0 aromatic heterocycles. The van der Waals surface area contributed by atoms with Crippen molar-refractivity contribution in [2.75, 3.05) is 0 Å². The summed E-state index contributed by atoms with van der Waals surface area (Å²) in [5, 5.41) is 1.52. The summed E-state index contributed by atoms with van der Waals surface area (Å²) in [6, 6.07) is 8.56. The maximum Gasteiger partial charge on any atom is 1.00 e. The number of rotatable bonds is 3. The second-order valence-corrected chi connectivity index (χ2v) is 11.6. The van der Waals surface area contributed by atoms with E-state index in [1.54, 1.807) is 24.3 Å². The molecule has 0 aliphatic rings. The van der Waals surface area contributed by atoms with Gasteiger partial charge in [0.25, 0.3) is 0 Å². The molecule has 0 N–H and O–H groups in total. The summed E-state index contributed by atoms with van der Waals surface area (Å²) in [6.45, 7) is 6.02. The Kier molecular flexibility index (Phi) is 8.42. The average molecular weight is 241 g/mol. The van der Waals surface area contributed by atoms with E-state index in [0.29, 0.717) is 4.90 Å². The fourth-order valence-electron chi connectivity index (χ4n) is 1.14. The van der Waals surface area contributed by atoms with Crippen LogP contribution in [-0.4, -0.2) is 16.5 Å². The van der Waals surface area contributed by atoms with Gasteiger partial charge in [-0.25, -0.2) is 5.38 Å². The van der Waals surface area contributed by atoms with Crippen LogP contribution in [0.1, 0.15) is 0 Å². The van der Waals surface area contributed by atoms with Crippen LogP contribution in [0.25, 0.3) is 0 Å². The fraction of sp³-hybridized carbons (Fsp3) is 0.300. The minimum atomic E-state index is -3.18. The van der Waals surface area contributed by atoms with E-state index in [-0.39, 0.29) is 37.7 Å². The molecule has 78 valence electrons. The standard InChI is InChI=1S/C10H15O2SSi.2Li/c1-14(2,3)9-13(11,12)10-7-5-4-6-8-10;;/h4-9H,1-3H3;;/q-1;2*+1. The summed E-state index contributed by atoms with van der Waals surface area (Å²) in [6.07, 6.45) is 0. The molecule has 0 bridgehead atoms. The van der Waals surface area contributed by atoms with E-state index in [4.69, 9.17) is 0 Å². The van der Waals surface area contributed by atoms with Crippen molar-refractivity contribution in [3.8, 4) is 0 Å². The van der Waals surface area contributed by atoms with Crippen molar-refractivity contribution in [3.05, 3.63) is 35.7 Å². The summed E-state index contributed by atoms with van der Waals surface area (Å²) in [5.74, 6) is 0. The van der Waals surface area contributed by atoms with Gasteiger partial charge >= 0.3 is 37.7 Å². The molecule has 0 unspecified atom stereocenters. The van der Waals surface area contributed by atoms with Crippen LogP contribution in [0.15, 0.2) is 35.2 Å². The Balaban J connectivity index is 0. The second kappa shape index (κ2) is 7.11. The van der Waals surface area contributed by atoms with Gasteiger partial charge in [0.2, 0.25) is 0 Å². The zero-order chi connectivity index (χ0) is 10.8. The van der Waals surface area contributed by atoms with E-state index in [9.17, 15) is 8.42 Å². The molecule has 0 spiro atoms. The predicted octanol–water partition coefficient (Wildman–Crippen LogP) is -3.49. The van der Waals surface area contributed by atoms with Gasteiger partial charge in [-0.1, -0.05) is 45.9 Å². The Hall–Kier alpha value is 0.582. The molecular formula is C10H15Li2O2SSi+. The molecule has 0 radical (unpaired) electrons.